The Morgan fingerprint density at radius 2 is 2.22 bits per heavy atom. The van der Waals surface area contributed by atoms with Gasteiger partial charge in [0.25, 0.3) is 0 Å². The van der Waals surface area contributed by atoms with Crippen molar-refractivity contribution >= 4 is 11.3 Å². The van der Waals surface area contributed by atoms with Crippen LogP contribution in [0.15, 0.2) is 12.4 Å². The smallest absolute Gasteiger partial charge is 0.110 e. The highest BCUT2D eigenvalue weighted by atomic mass is 32.1. The number of aromatic nitrogens is 3. The summed E-state index contributed by atoms with van der Waals surface area (Å²) in [5.74, 6) is 1.13. The number of aryl methyl sites for hydroxylation is 3. The molecule has 98 valence electrons. The largest absolute Gasteiger partial charge is 0.335 e. The van der Waals surface area contributed by atoms with Gasteiger partial charge in [0.05, 0.1) is 16.7 Å². The lowest BCUT2D eigenvalue weighted by atomic mass is 10.1. The van der Waals surface area contributed by atoms with E-state index >= 15 is 0 Å². The summed E-state index contributed by atoms with van der Waals surface area (Å²) in [6, 6.07) is 0.295. The van der Waals surface area contributed by atoms with Crippen LogP contribution < -0.4 is 5.32 Å². The zero-order chi connectivity index (χ0) is 13.1. The van der Waals surface area contributed by atoms with Crippen LogP contribution in [0.3, 0.4) is 0 Å². The summed E-state index contributed by atoms with van der Waals surface area (Å²) < 4.78 is 2.19. The summed E-state index contributed by atoms with van der Waals surface area (Å²) in [6.45, 7) is 7.24. The van der Waals surface area contributed by atoms with Crippen LogP contribution in [0.25, 0.3) is 0 Å². The van der Waals surface area contributed by atoms with E-state index in [1.54, 1.807) is 11.3 Å². The zero-order valence-corrected chi connectivity index (χ0v) is 12.2. The van der Waals surface area contributed by atoms with Crippen molar-refractivity contribution in [1.82, 2.24) is 19.9 Å². The van der Waals surface area contributed by atoms with Gasteiger partial charge in [0.1, 0.15) is 5.82 Å². The molecule has 0 aliphatic rings. The number of nitrogens with one attached hydrogen (secondary N) is 1. The minimum absolute atomic E-state index is 0.295. The third-order valence-electron chi connectivity index (χ3n) is 3.13. The number of imidazole rings is 1. The van der Waals surface area contributed by atoms with Gasteiger partial charge >= 0.3 is 0 Å². The molecule has 0 bridgehead atoms. The van der Waals surface area contributed by atoms with Crippen molar-refractivity contribution < 1.29 is 0 Å². The average molecular weight is 264 g/mol. The summed E-state index contributed by atoms with van der Waals surface area (Å²) in [7, 11) is 2.00. The van der Waals surface area contributed by atoms with Gasteiger partial charge < -0.3 is 9.88 Å². The highest BCUT2D eigenvalue weighted by Gasteiger charge is 2.18. The van der Waals surface area contributed by atoms with Crippen LogP contribution in [0.1, 0.15) is 34.4 Å². The molecular formula is C13H20N4S. The topological polar surface area (TPSA) is 42.7 Å². The van der Waals surface area contributed by atoms with E-state index in [-0.39, 0.29) is 0 Å². The molecule has 0 aliphatic carbocycles. The molecule has 2 rings (SSSR count). The molecule has 0 amide bonds. The normalized spacial score (nSPS) is 12.9. The molecule has 0 saturated carbocycles. The molecule has 0 fully saturated rings. The van der Waals surface area contributed by atoms with Gasteiger partial charge in [0.2, 0.25) is 0 Å². The molecule has 2 heterocycles. The lowest BCUT2D eigenvalue weighted by molar-refractivity contribution is 0.557. The van der Waals surface area contributed by atoms with Gasteiger partial charge in [-0.15, -0.1) is 11.3 Å². The van der Waals surface area contributed by atoms with E-state index in [2.05, 4.69) is 40.6 Å². The fourth-order valence-corrected chi connectivity index (χ4v) is 3.23. The standard InChI is InChI=1S/C13H20N4S/c1-5-17-7-6-15-12(17)8-11(14-4)13-9(2)16-10(3)18-13/h6-7,11,14H,5,8H2,1-4H3. The molecule has 0 aromatic carbocycles. The number of likely N-dealkylation sites (N-methyl/N-ethyl adjacent to an activating group) is 1. The molecule has 18 heavy (non-hydrogen) atoms. The summed E-state index contributed by atoms with van der Waals surface area (Å²) in [5.41, 5.74) is 1.13. The molecule has 0 spiro atoms. The third-order valence-corrected chi connectivity index (χ3v) is 4.32. The molecular weight excluding hydrogens is 244 g/mol. The molecule has 0 saturated heterocycles. The summed E-state index contributed by atoms with van der Waals surface area (Å²) in [5, 5.41) is 4.51. The van der Waals surface area contributed by atoms with Crippen molar-refractivity contribution in [2.24, 2.45) is 0 Å². The number of hydrogen-bond acceptors (Lipinski definition) is 4. The molecule has 1 unspecified atom stereocenters. The van der Waals surface area contributed by atoms with Gasteiger partial charge in [-0.3, -0.25) is 0 Å². The van der Waals surface area contributed by atoms with Gasteiger partial charge in [-0.25, -0.2) is 9.97 Å². The Balaban J connectivity index is 2.22. The van der Waals surface area contributed by atoms with E-state index in [9.17, 15) is 0 Å². The Hall–Kier alpha value is -1.20. The average Bonchev–Trinajstić information content (AvgIpc) is 2.92. The zero-order valence-electron chi connectivity index (χ0n) is 11.4. The predicted molar refractivity (Wildman–Crippen MR) is 75.0 cm³/mol. The first-order valence-corrected chi connectivity index (χ1v) is 7.08. The van der Waals surface area contributed by atoms with Crippen molar-refractivity contribution in [2.75, 3.05) is 7.05 Å². The predicted octanol–water partition coefficient (Wildman–Crippen LogP) is 2.48. The Bertz CT molecular complexity index is 515. The van der Waals surface area contributed by atoms with E-state index < -0.39 is 0 Å². The second-order valence-corrected chi connectivity index (χ2v) is 5.59. The van der Waals surface area contributed by atoms with Gasteiger partial charge in [-0.1, -0.05) is 0 Å². The van der Waals surface area contributed by atoms with Crippen LogP contribution in [0.2, 0.25) is 0 Å². The molecule has 2 aromatic rings. The second-order valence-electron chi connectivity index (χ2n) is 4.36. The maximum atomic E-state index is 4.50. The molecule has 1 N–H and O–H groups in total. The van der Waals surface area contributed by atoms with E-state index in [0.717, 1.165) is 29.5 Å². The first-order valence-electron chi connectivity index (χ1n) is 6.26. The number of rotatable bonds is 5. The van der Waals surface area contributed by atoms with Crippen molar-refractivity contribution in [3.8, 4) is 0 Å². The fourth-order valence-electron chi connectivity index (χ4n) is 2.20. The van der Waals surface area contributed by atoms with Gasteiger partial charge in [0.15, 0.2) is 0 Å². The van der Waals surface area contributed by atoms with Crippen molar-refractivity contribution in [2.45, 2.75) is 39.8 Å². The van der Waals surface area contributed by atoms with Crippen molar-refractivity contribution in [3.63, 3.8) is 0 Å². The van der Waals surface area contributed by atoms with Crippen LogP contribution in [0, 0.1) is 13.8 Å². The van der Waals surface area contributed by atoms with E-state index in [1.165, 1.54) is 4.88 Å². The first kappa shape index (κ1) is 13.2. The van der Waals surface area contributed by atoms with Crippen LogP contribution in [0.4, 0.5) is 0 Å². The lowest BCUT2D eigenvalue weighted by Crippen LogP contribution is -2.20. The molecule has 0 radical (unpaired) electrons. The number of nitrogens with zero attached hydrogens (tertiary/aromatic N) is 3. The van der Waals surface area contributed by atoms with Gasteiger partial charge in [0, 0.05) is 30.2 Å². The number of hydrogen-bond donors (Lipinski definition) is 1. The Kier molecular flexibility index (Phi) is 4.14. The van der Waals surface area contributed by atoms with E-state index in [4.69, 9.17) is 0 Å². The lowest BCUT2D eigenvalue weighted by Gasteiger charge is -2.15. The monoisotopic (exact) mass is 264 g/mol. The maximum Gasteiger partial charge on any atom is 0.110 e. The number of thiazole rings is 1. The van der Waals surface area contributed by atoms with Crippen LogP contribution in [-0.2, 0) is 13.0 Å². The Morgan fingerprint density at radius 3 is 2.78 bits per heavy atom. The SMILES string of the molecule is CCn1ccnc1CC(NC)c1sc(C)nc1C. The molecule has 4 nitrogen and oxygen atoms in total. The van der Waals surface area contributed by atoms with Gasteiger partial charge in [-0.05, 0) is 27.8 Å². The second kappa shape index (κ2) is 5.63. The summed E-state index contributed by atoms with van der Waals surface area (Å²) in [4.78, 5) is 10.3. The van der Waals surface area contributed by atoms with Crippen LogP contribution >= 0.6 is 11.3 Å². The van der Waals surface area contributed by atoms with E-state index in [1.807, 2.05) is 19.4 Å². The highest BCUT2D eigenvalue weighted by Crippen LogP contribution is 2.26. The molecule has 0 aliphatic heterocycles. The Morgan fingerprint density at radius 1 is 1.44 bits per heavy atom. The molecule has 5 heteroatoms. The molecule has 1 atom stereocenters. The quantitative estimate of drug-likeness (QED) is 0.902. The van der Waals surface area contributed by atoms with Gasteiger partial charge in [-0.2, -0.15) is 0 Å². The minimum Gasteiger partial charge on any atom is -0.335 e. The van der Waals surface area contributed by atoms with E-state index in [0.29, 0.717) is 6.04 Å². The maximum absolute atomic E-state index is 4.50. The molecule has 2 aromatic heterocycles. The van der Waals surface area contributed by atoms with Crippen LogP contribution in [0.5, 0.6) is 0 Å². The van der Waals surface area contributed by atoms with Crippen molar-refractivity contribution in [3.05, 3.63) is 33.8 Å². The minimum atomic E-state index is 0.295. The summed E-state index contributed by atoms with van der Waals surface area (Å²) >= 11 is 1.77. The van der Waals surface area contributed by atoms with Crippen molar-refractivity contribution in [1.29, 1.82) is 0 Å². The summed E-state index contributed by atoms with van der Waals surface area (Å²) in [6.07, 6.45) is 4.81. The third kappa shape index (κ3) is 2.62. The van der Waals surface area contributed by atoms with Crippen LogP contribution in [-0.4, -0.2) is 21.6 Å². The Labute approximate surface area is 112 Å². The fraction of sp³-hybridized carbons (Fsp3) is 0.538. The first-order chi connectivity index (χ1) is 8.65. The highest BCUT2D eigenvalue weighted by molar-refractivity contribution is 7.11.